The third kappa shape index (κ3) is 4.55. The van der Waals surface area contributed by atoms with Crippen molar-refractivity contribution in [2.45, 2.75) is 18.7 Å². The molecular weight excluding hydrogens is 386 g/mol. The zero-order valence-electron chi connectivity index (χ0n) is 14.6. The van der Waals surface area contributed by atoms with E-state index in [4.69, 9.17) is 0 Å². The van der Waals surface area contributed by atoms with E-state index in [1.54, 1.807) is 36.4 Å². The third-order valence-corrected chi connectivity index (χ3v) is 6.10. The molecule has 3 rings (SSSR count). The quantitative estimate of drug-likeness (QED) is 0.761. The van der Waals surface area contributed by atoms with Crippen molar-refractivity contribution in [3.8, 4) is 0 Å². The first-order chi connectivity index (χ1) is 12.7. The van der Waals surface area contributed by atoms with Crippen LogP contribution in [0.5, 0.6) is 0 Å². The summed E-state index contributed by atoms with van der Waals surface area (Å²) >= 11 is 0.998. The van der Waals surface area contributed by atoms with Crippen molar-refractivity contribution in [2.75, 3.05) is 16.4 Å². The van der Waals surface area contributed by atoms with Crippen molar-refractivity contribution in [3.63, 3.8) is 0 Å². The molecule has 1 aliphatic heterocycles. The highest BCUT2D eigenvalue weighted by molar-refractivity contribution is 8.15. The number of nitrogens with zero attached hydrogens (tertiary/aromatic N) is 1. The Bertz CT molecular complexity index is 1040. The number of carbonyl (C=O) groups is 2. The first-order valence-electron chi connectivity index (χ1n) is 8.01. The minimum Gasteiger partial charge on any atom is -0.333 e. The lowest BCUT2D eigenvalue weighted by atomic mass is 10.1. The second-order valence-corrected chi connectivity index (χ2v) is 8.50. The lowest BCUT2D eigenvalue weighted by Gasteiger charge is -2.18. The highest BCUT2D eigenvalue weighted by Crippen LogP contribution is 2.30. The summed E-state index contributed by atoms with van der Waals surface area (Å²) in [4.78, 5) is 23.5. The van der Waals surface area contributed by atoms with E-state index in [0.717, 1.165) is 17.3 Å². The van der Waals surface area contributed by atoms with Crippen LogP contribution in [0.1, 0.15) is 22.8 Å². The Morgan fingerprint density at radius 2 is 1.85 bits per heavy atom. The number of nitrogens with one attached hydrogen (secondary N) is 2. The fourth-order valence-corrected chi connectivity index (χ4v) is 4.46. The predicted octanol–water partition coefficient (Wildman–Crippen LogP) is 3.04. The van der Waals surface area contributed by atoms with Gasteiger partial charge in [-0.1, -0.05) is 17.8 Å². The minimum atomic E-state index is -3.79. The van der Waals surface area contributed by atoms with Crippen molar-refractivity contribution in [1.82, 2.24) is 0 Å². The van der Waals surface area contributed by atoms with Gasteiger partial charge in [-0.05, 0) is 55.8 Å². The lowest BCUT2D eigenvalue weighted by Crippen LogP contribution is -2.22. The number of sulfonamides is 1. The Morgan fingerprint density at radius 3 is 2.52 bits per heavy atom. The normalized spacial score (nSPS) is 14.5. The van der Waals surface area contributed by atoms with Crippen LogP contribution in [0.25, 0.3) is 0 Å². The van der Waals surface area contributed by atoms with Gasteiger partial charge in [-0.15, -0.1) is 4.40 Å². The molecule has 1 amide bonds. The SMILES string of the molecule is CC(=O)c1ccc(NC(=O)CSC2=NS(=O)(=O)c3ccc(C)cc3N2)cc1. The van der Waals surface area contributed by atoms with Crippen LogP contribution in [0.15, 0.2) is 51.8 Å². The van der Waals surface area contributed by atoms with Gasteiger partial charge in [-0.25, -0.2) is 0 Å². The van der Waals surface area contributed by atoms with Crippen molar-refractivity contribution in [2.24, 2.45) is 4.40 Å². The number of fused-ring (bicyclic) bond motifs is 1. The first kappa shape index (κ1) is 19.1. The molecule has 9 heteroatoms. The van der Waals surface area contributed by atoms with Crippen molar-refractivity contribution in [3.05, 3.63) is 53.6 Å². The van der Waals surface area contributed by atoms with Gasteiger partial charge in [0, 0.05) is 11.3 Å². The van der Waals surface area contributed by atoms with Crippen LogP contribution in [0.3, 0.4) is 0 Å². The van der Waals surface area contributed by atoms with Gasteiger partial charge in [0.15, 0.2) is 11.0 Å². The molecule has 0 bridgehead atoms. The minimum absolute atomic E-state index is 0.0169. The molecule has 0 saturated carbocycles. The highest BCUT2D eigenvalue weighted by atomic mass is 32.2. The van der Waals surface area contributed by atoms with Gasteiger partial charge >= 0.3 is 0 Å². The maximum Gasteiger partial charge on any atom is 0.286 e. The number of hydrogen-bond acceptors (Lipinski definition) is 6. The summed E-state index contributed by atoms with van der Waals surface area (Å²) in [5, 5.41) is 5.79. The molecule has 140 valence electrons. The molecule has 0 aliphatic carbocycles. The molecule has 2 aromatic rings. The second kappa shape index (κ2) is 7.53. The Hall–Kier alpha value is -2.65. The number of ketones is 1. The van der Waals surface area contributed by atoms with E-state index in [1.807, 2.05) is 6.92 Å². The van der Waals surface area contributed by atoms with Crippen LogP contribution in [0.4, 0.5) is 11.4 Å². The molecule has 7 nitrogen and oxygen atoms in total. The largest absolute Gasteiger partial charge is 0.333 e. The number of aryl methyl sites for hydroxylation is 1. The zero-order valence-corrected chi connectivity index (χ0v) is 16.3. The summed E-state index contributed by atoms with van der Waals surface area (Å²) in [6, 6.07) is 11.5. The van der Waals surface area contributed by atoms with Crippen LogP contribution >= 0.6 is 11.8 Å². The average Bonchev–Trinajstić information content (AvgIpc) is 2.59. The molecule has 0 atom stereocenters. The number of hydrogen-bond donors (Lipinski definition) is 2. The van der Waals surface area contributed by atoms with E-state index in [2.05, 4.69) is 15.0 Å². The van der Waals surface area contributed by atoms with Gasteiger partial charge in [0.25, 0.3) is 10.0 Å². The number of Topliss-reactive ketones (excluding diaryl/α,β-unsaturated/α-hetero) is 1. The summed E-state index contributed by atoms with van der Waals surface area (Å²) in [6.07, 6.45) is 0. The van der Waals surface area contributed by atoms with Gasteiger partial charge < -0.3 is 10.6 Å². The monoisotopic (exact) mass is 403 g/mol. The van der Waals surface area contributed by atoms with E-state index in [1.165, 1.54) is 13.0 Å². The molecule has 2 aromatic carbocycles. The van der Waals surface area contributed by atoms with Crippen molar-refractivity contribution in [1.29, 1.82) is 0 Å². The van der Waals surface area contributed by atoms with Gasteiger partial charge in [-0.3, -0.25) is 9.59 Å². The molecule has 1 heterocycles. The second-order valence-electron chi connectivity index (χ2n) is 5.97. The fraction of sp³-hybridized carbons (Fsp3) is 0.167. The molecule has 0 saturated heterocycles. The molecule has 0 spiro atoms. The van der Waals surface area contributed by atoms with E-state index < -0.39 is 10.0 Å². The zero-order chi connectivity index (χ0) is 19.6. The standard InChI is InChI=1S/C18H17N3O4S2/c1-11-3-8-16-15(9-11)20-18(21-27(16,24)25)26-10-17(23)19-14-6-4-13(5-7-14)12(2)22/h3-9H,10H2,1-2H3,(H,19,23)(H,20,21). The summed E-state index contributed by atoms with van der Waals surface area (Å²) < 4.78 is 28.2. The molecular formula is C18H17N3O4S2. The van der Waals surface area contributed by atoms with E-state index >= 15 is 0 Å². The summed E-state index contributed by atoms with van der Waals surface area (Å²) in [6.45, 7) is 3.33. The smallest absolute Gasteiger partial charge is 0.286 e. The number of thioether (sulfide) groups is 1. The Kier molecular flexibility index (Phi) is 5.33. The van der Waals surface area contributed by atoms with Crippen molar-refractivity contribution < 1.29 is 18.0 Å². The van der Waals surface area contributed by atoms with Crippen LogP contribution < -0.4 is 10.6 Å². The van der Waals surface area contributed by atoms with Crippen LogP contribution in [-0.2, 0) is 14.8 Å². The van der Waals surface area contributed by atoms with Gasteiger partial charge in [0.2, 0.25) is 5.91 Å². The maximum absolute atomic E-state index is 12.2. The lowest BCUT2D eigenvalue weighted by molar-refractivity contribution is -0.113. The summed E-state index contributed by atoms with van der Waals surface area (Å²) in [5.74, 6) is -0.384. The highest BCUT2D eigenvalue weighted by Gasteiger charge is 2.25. The topological polar surface area (TPSA) is 105 Å². The van der Waals surface area contributed by atoms with Gasteiger partial charge in [0.1, 0.15) is 4.90 Å². The van der Waals surface area contributed by atoms with Crippen LogP contribution in [0.2, 0.25) is 0 Å². The summed E-state index contributed by atoms with van der Waals surface area (Å²) in [5.41, 5.74) is 2.47. The summed E-state index contributed by atoms with van der Waals surface area (Å²) in [7, 11) is -3.79. The number of anilines is 2. The van der Waals surface area contributed by atoms with E-state index in [-0.39, 0.29) is 27.5 Å². The van der Waals surface area contributed by atoms with Crippen LogP contribution in [0, 0.1) is 6.92 Å². The van der Waals surface area contributed by atoms with Gasteiger partial charge in [-0.2, -0.15) is 8.42 Å². The first-order valence-corrected chi connectivity index (χ1v) is 10.4. The number of benzene rings is 2. The number of carbonyl (C=O) groups excluding carboxylic acids is 2. The molecule has 0 aromatic heterocycles. The predicted molar refractivity (Wildman–Crippen MR) is 107 cm³/mol. The van der Waals surface area contributed by atoms with E-state index in [0.29, 0.717) is 16.9 Å². The number of amidine groups is 1. The Balaban J connectivity index is 1.64. The molecule has 27 heavy (non-hydrogen) atoms. The molecule has 0 radical (unpaired) electrons. The number of amides is 1. The molecule has 1 aliphatic rings. The Labute approximate surface area is 161 Å². The molecule has 0 fully saturated rings. The third-order valence-electron chi connectivity index (χ3n) is 3.77. The fourth-order valence-electron chi connectivity index (χ4n) is 2.44. The van der Waals surface area contributed by atoms with Crippen molar-refractivity contribution >= 4 is 50.0 Å². The molecule has 0 unspecified atom stereocenters. The maximum atomic E-state index is 12.2. The van der Waals surface area contributed by atoms with E-state index in [9.17, 15) is 18.0 Å². The van der Waals surface area contributed by atoms with Gasteiger partial charge in [0.05, 0.1) is 11.4 Å². The molecule has 2 N–H and O–H groups in total. The average molecular weight is 403 g/mol. The Morgan fingerprint density at radius 1 is 1.15 bits per heavy atom. The van der Waals surface area contributed by atoms with Crippen LogP contribution in [-0.4, -0.2) is 31.0 Å². The number of rotatable bonds is 4.